The Morgan fingerprint density at radius 2 is 1.62 bits per heavy atom. The van der Waals surface area contributed by atoms with Crippen molar-refractivity contribution in [3.63, 3.8) is 0 Å². The highest BCUT2D eigenvalue weighted by atomic mass is 16.6. The topological polar surface area (TPSA) is 94.8 Å². The number of hydrogen-bond acceptors (Lipinski definition) is 6. The number of hydrogen-bond donors (Lipinski definition) is 1. The van der Waals surface area contributed by atoms with E-state index < -0.39 is 18.1 Å². The number of carbonyl (C=O) groups is 2. The highest BCUT2D eigenvalue weighted by Gasteiger charge is 2.28. The largest absolute Gasteiger partial charge is 0.445 e. The minimum atomic E-state index is -1.11. The van der Waals surface area contributed by atoms with E-state index >= 15 is 0 Å². The Kier molecular flexibility index (Phi) is 7.03. The Balaban J connectivity index is 1.45. The van der Waals surface area contributed by atoms with Gasteiger partial charge in [0.15, 0.2) is 6.04 Å². The summed E-state index contributed by atoms with van der Waals surface area (Å²) in [5.74, 6) is -0.368. The molecule has 1 aromatic heterocycles. The molecule has 37 heavy (non-hydrogen) atoms. The van der Waals surface area contributed by atoms with Gasteiger partial charge in [-0.15, -0.1) is 0 Å². The molecule has 0 spiro atoms. The van der Waals surface area contributed by atoms with Crippen molar-refractivity contribution in [2.24, 2.45) is 0 Å². The highest BCUT2D eigenvalue weighted by molar-refractivity contribution is 5.92. The highest BCUT2D eigenvalue weighted by Crippen LogP contribution is 2.35. The monoisotopic (exact) mass is 497 g/mol. The van der Waals surface area contributed by atoms with Gasteiger partial charge in [-0.3, -0.25) is 0 Å². The molecule has 7 heteroatoms. The molecule has 3 aromatic carbocycles. The summed E-state index contributed by atoms with van der Waals surface area (Å²) in [6, 6.07) is 20.5. The molecule has 1 atom stereocenters. The van der Waals surface area contributed by atoms with Gasteiger partial charge in [0, 0.05) is 5.56 Å². The SMILES string of the molecule is Cc1cc(OC(=O)[C@H](NC(=O)OCc2ccccc2)c2ccccc2)c2c3c(c(=O)oc2c1)CCCC3. The number of esters is 1. The number of benzene rings is 3. The molecule has 4 aromatic rings. The van der Waals surface area contributed by atoms with Crippen LogP contribution in [0.5, 0.6) is 5.75 Å². The van der Waals surface area contributed by atoms with E-state index in [2.05, 4.69) is 5.32 Å². The van der Waals surface area contributed by atoms with E-state index in [1.54, 1.807) is 36.4 Å². The second-order valence-corrected chi connectivity index (χ2v) is 9.16. The molecule has 1 N–H and O–H groups in total. The molecule has 0 bridgehead atoms. The van der Waals surface area contributed by atoms with Gasteiger partial charge in [-0.2, -0.15) is 0 Å². The molecule has 0 aliphatic heterocycles. The van der Waals surface area contributed by atoms with Crippen LogP contribution in [0.4, 0.5) is 4.79 Å². The van der Waals surface area contributed by atoms with Gasteiger partial charge >= 0.3 is 17.7 Å². The second-order valence-electron chi connectivity index (χ2n) is 9.16. The molecule has 0 saturated carbocycles. The quantitative estimate of drug-likeness (QED) is 0.213. The Morgan fingerprint density at radius 3 is 2.35 bits per heavy atom. The van der Waals surface area contributed by atoms with Gasteiger partial charge in [-0.25, -0.2) is 14.4 Å². The lowest BCUT2D eigenvalue weighted by Gasteiger charge is -2.21. The molecule has 0 fully saturated rings. The van der Waals surface area contributed by atoms with Crippen molar-refractivity contribution in [3.05, 3.63) is 111 Å². The summed E-state index contributed by atoms with van der Waals surface area (Å²) in [6.07, 6.45) is 2.45. The molecule has 1 amide bonds. The van der Waals surface area contributed by atoms with Crippen LogP contribution in [-0.4, -0.2) is 12.1 Å². The van der Waals surface area contributed by atoms with Crippen molar-refractivity contribution in [2.75, 3.05) is 0 Å². The number of alkyl carbamates (subject to hydrolysis) is 1. The van der Waals surface area contributed by atoms with E-state index in [1.807, 2.05) is 43.3 Å². The average molecular weight is 498 g/mol. The van der Waals surface area contributed by atoms with Gasteiger partial charge in [-0.05, 0) is 67.0 Å². The summed E-state index contributed by atoms with van der Waals surface area (Å²) in [4.78, 5) is 38.8. The molecule has 188 valence electrons. The Hall–Kier alpha value is -4.39. The maximum Gasteiger partial charge on any atom is 0.408 e. The van der Waals surface area contributed by atoms with Crippen LogP contribution in [0.15, 0.2) is 82.0 Å². The van der Waals surface area contributed by atoms with Crippen molar-refractivity contribution < 1.29 is 23.5 Å². The predicted molar refractivity (Wildman–Crippen MR) is 138 cm³/mol. The van der Waals surface area contributed by atoms with Crippen LogP contribution in [-0.2, 0) is 29.0 Å². The van der Waals surface area contributed by atoms with Crippen LogP contribution >= 0.6 is 0 Å². The van der Waals surface area contributed by atoms with Crippen LogP contribution in [0.2, 0.25) is 0 Å². The van der Waals surface area contributed by atoms with Gasteiger partial charge in [0.05, 0.1) is 5.39 Å². The molecule has 0 unspecified atom stereocenters. The Bertz CT molecular complexity index is 1490. The fourth-order valence-corrected chi connectivity index (χ4v) is 4.72. The lowest BCUT2D eigenvalue weighted by molar-refractivity contribution is -0.136. The molecule has 7 nitrogen and oxygen atoms in total. The molecular weight excluding hydrogens is 470 g/mol. The van der Waals surface area contributed by atoms with Crippen molar-refractivity contribution in [1.29, 1.82) is 0 Å². The Labute approximate surface area is 214 Å². The summed E-state index contributed by atoms with van der Waals surface area (Å²) in [5.41, 5.74) is 3.72. The third kappa shape index (κ3) is 5.40. The van der Waals surface area contributed by atoms with Gasteiger partial charge in [0.2, 0.25) is 0 Å². The molecule has 5 rings (SSSR count). The lowest BCUT2D eigenvalue weighted by Crippen LogP contribution is -2.36. The maximum atomic E-state index is 13.5. The fourth-order valence-electron chi connectivity index (χ4n) is 4.72. The summed E-state index contributed by atoms with van der Waals surface area (Å²) >= 11 is 0. The number of carbonyl (C=O) groups excluding carboxylic acids is 2. The van der Waals surface area contributed by atoms with Crippen molar-refractivity contribution in [1.82, 2.24) is 5.32 Å². The second kappa shape index (κ2) is 10.7. The van der Waals surface area contributed by atoms with Crippen molar-refractivity contribution >= 4 is 23.0 Å². The number of ether oxygens (including phenoxy) is 2. The minimum Gasteiger partial charge on any atom is -0.445 e. The van der Waals surface area contributed by atoms with E-state index in [-0.39, 0.29) is 12.2 Å². The first-order valence-electron chi connectivity index (χ1n) is 12.3. The maximum absolute atomic E-state index is 13.5. The number of rotatable bonds is 6. The molecule has 1 aliphatic rings. The zero-order chi connectivity index (χ0) is 25.8. The smallest absolute Gasteiger partial charge is 0.408 e. The van der Waals surface area contributed by atoms with Gasteiger partial charge in [0.1, 0.15) is 17.9 Å². The van der Waals surface area contributed by atoms with Crippen LogP contribution in [0.3, 0.4) is 0 Å². The van der Waals surface area contributed by atoms with Gasteiger partial charge in [0.25, 0.3) is 0 Å². The van der Waals surface area contributed by atoms with E-state index in [9.17, 15) is 14.4 Å². The number of amides is 1. The first-order chi connectivity index (χ1) is 18.0. The van der Waals surface area contributed by atoms with Crippen LogP contribution < -0.4 is 15.7 Å². The summed E-state index contributed by atoms with van der Waals surface area (Å²) in [6.45, 7) is 1.90. The Morgan fingerprint density at radius 1 is 0.946 bits per heavy atom. The summed E-state index contributed by atoms with van der Waals surface area (Å²) in [5, 5.41) is 3.28. The molecule has 0 radical (unpaired) electrons. The standard InChI is InChI=1S/C30H27NO6/c1-19-16-24-26(22-14-8-9-15-23(22)28(32)36-24)25(17-19)37-29(33)27(21-12-6-3-7-13-21)31-30(34)35-18-20-10-4-2-5-11-20/h2-7,10-13,16-17,27H,8-9,14-15,18H2,1H3,(H,31,34)/t27-/m1/s1. The number of fused-ring (bicyclic) bond motifs is 3. The van der Waals surface area contributed by atoms with E-state index in [0.717, 1.165) is 29.5 Å². The zero-order valence-corrected chi connectivity index (χ0v) is 20.5. The fraction of sp³-hybridized carbons (Fsp3) is 0.233. The summed E-state index contributed by atoms with van der Waals surface area (Å²) < 4.78 is 16.9. The van der Waals surface area contributed by atoms with Crippen molar-refractivity contribution in [2.45, 2.75) is 45.3 Å². The zero-order valence-electron chi connectivity index (χ0n) is 20.5. The first-order valence-corrected chi connectivity index (χ1v) is 12.3. The van der Waals surface area contributed by atoms with E-state index in [0.29, 0.717) is 40.7 Å². The van der Waals surface area contributed by atoms with E-state index in [4.69, 9.17) is 13.9 Å². The van der Waals surface area contributed by atoms with Crippen molar-refractivity contribution in [3.8, 4) is 5.75 Å². The third-order valence-corrected chi connectivity index (χ3v) is 6.48. The predicted octanol–water partition coefficient (Wildman–Crippen LogP) is 5.55. The molecule has 0 saturated heterocycles. The third-order valence-electron chi connectivity index (χ3n) is 6.48. The molecule has 1 heterocycles. The van der Waals surface area contributed by atoms with Crippen LogP contribution in [0.1, 0.15) is 46.7 Å². The van der Waals surface area contributed by atoms with Gasteiger partial charge < -0.3 is 19.2 Å². The van der Waals surface area contributed by atoms with Gasteiger partial charge in [-0.1, -0.05) is 60.7 Å². The van der Waals surface area contributed by atoms with Crippen LogP contribution in [0, 0.1) is 6.92 Å². The first kappa shape index (κ1) is 24.3. The van der Waals surface area contributed by atoms with E-state index in [1.165, 1.54) is 0 Å². The number of nitrogens with one attached hydrogen (secondary N) is 1. The normalized spacial score (nSPS) is 13.4. The molecular formula is C30H27NO6. The summed E-state index contributed by atoms with van der Waals surface area (Å²) in [7, 11) is 0. The lowest BCUT2D eigenvalue weighted by atomic mass is 9.90. The minimum absolute atomic E-state index is 0.0664. The molecule has 1 aliphatic carbocycles. The number of aryl methyl sites for hydroxylation is 2. The average Bonchev–Trinajstić information content (AvgIpc) is 2.91. The van der Waals surface area contributed by atoms with Crippen LogP contribution in [0.25, 0.3) is 11.0 Å².